The first-order chi connectivity index (χ1) is 10.2. The van der Waals surface area contributed by atoms with E-state index in [0.717, 1.165) is 36.2 Å². The molecule has 2 aromatic carbocycles. The van der Waals surface area contributed by atoms with Gasteiger partial charge in [0.25, 0.3) is 0 Å². The highest BCUT2D eigenvalue weighted by molar-refractivity contribution is 5.93. The van der Waals surface area contributed by atoms with Crippen LogP contribution in [0.4, 0.5) is 11.4 Å². The number of rotatable bonds is 3. The highest BCUT2D eigenvalue weighted by atomic mass is 16.1. The van der Waals surface area contributed by atoms with E-state index in [1.165, 1.54) is 11.1 Å². The van der Waals surface area contributed by atoms with Gasteiger partial charge in [-0.2, -0.15) is 0 Å². The molecule has 21 heavy (non-hydrogen) atoms. The molecule has 0 unspecified atom stereocenters. The summed E-state index contributed by atoms with van der Waals surface area (Å²) in [4.78, 5) is 12.4. The van der Waals surface area contributed by atoms with Crippen LogP contribution in [-0.2, 0) is 24.1 Å². The maximum atomic E-state index is 12.4. The molecule has 0 saturated heterocycles. The van der Waals surface area contributed by atoms with Gasteiger partial charge in [-0.15, -0.1) is 0 Å². The lowest BCUT2D eigenvalue weighted by Crippen LogP contribution is -2.23. The molecule has 1 amide bonds. The molecule has 108 valence electrons. The van der Waals surface area contributed by atoms with Crippen molar-refractivity contribution in [3.05, 3.63) is 59.2 Å². The number of benzene rings is 2. The predicted molar refractivity (Wildman–Crippen MR) is 86.2 cm³/mol. The Balaban J connectivity index is 1.69. The van der Waals surface area contributed by atoms with Gasteiger partial charge in [0.2, 0.25) is 5.91 Å². The number of carbonyl (C=O) groups is 1. The summed E-state index contributed by atoms with van der Waals surface area (Å²) in [6.07, 6.45) is 2.55. The standard InChI is InChI=1S/C18H20N2O/c1-2-12-7-8-16(11-17(12)19)20-18(21)15-9-13-5-3-4-6-14(13)10-15/h3-8,11,15H,2,9-10,19H2,1H3,(H,20,21). The summed E-state index contributed by atoms with van der Waals surface area (Å²) >= 11 is 0. The predicted octanol–water partition coefficient (Wildman–Crippen LogP) is 3.18. The molecule has 0 saturated carbocycles. The third-order valence-electron chi connectivity index (χ3n) is 4.22. The van der Waals surface area contributed by atoms with Gasteiger partial charge in [0, 0.05) is 17.3 Å². The van der Waals surface area contributed by atoms with Gasteiger partial charge in [-0.3, -0.25) is 4.79 Å². The average molecular weight is 280 g/mol. The minimum absolute atomic E-state index is 0.0227. The van der Waals surface area contributed by atoms with E-state index in [9.17, 15) is 4.79 Å². The Morgan fingerprint density at radius 1 is 1.19 bits per heavy atom. The summed E-state index contributed by atoms with van der Waals surface area (Å²) in [7, 11) is 0. The van der Waals surface area contributed by atoms with Gasteiger partial charge in [-0.25, -0.2) is 0 Å². The first kappa shape index (κ1) is 13.7. The molecule has 3 heteroatoms. The Hall–Kier alpha value is -2.29. The number of fused-ring (bicyclic) bond motifs is 1. The fourth-order valence-electron chi connectivity index (χ4n) is 2.98. The van der Waals surface area contributed by atoms with Gasteiger partial charge in [-0.1, -0.05) is 37.3 Å². The number of hydrogen-bond donors (Lipinski definition) is 2. The van der Waals surface area contributed by atoms with Crippen molar-refractivity contribution in [1.82, 2.24) is 0 Å². The highest BCUT2D eigenvalue weighted by Gasteiger charge is 2.27. The third-order valence-corrected chi connectivity index (χ3v) is 4.22. The molecule has 0 atom stereocenters. The smallest absolute Gasteiger partial charge is 0.228 e. The van der Waals surface area contributed by atoms with Gasteiger partial charge in [0.1, 0.15) is 0 Å². The molecule has 3 rings (SSSR count). The minimum atomic E-state index is 0.0227. The average Bonchev–Trinajstić information content (AvgIpc) is 2.91. The zero-order chi connectivity index (χ0) is 14.8. The van der Waals surface area contributed by atoms with E-state index in [2.05, 4.69) is 24.4 Å². The van der Waals surface area contributed by atoms with E-state index < -0.39 is 0 Å². The Labute approximate surface area is 125 Å². The van der Waals surface area contributed by atoms with Crippen LogP contribution in [-0.4, -0.2) is 5.91 Å². The number of nitrogens with one attached hydrogen (secondary N) is 1. The summed E-state index contributed by atoms with van der Waals surface area (Å²) < 4.78 is 0. The molecule has 2 aromatic rings. The molecule has 3 nitrogen and oxygen atoms in total. The van der Waals surface area contributed by atoms with Crippen molar-refractivity contribution >= 4 is 17.3 Å². The maximum Gasteiger partial charge on any atom is 0.228 e. The second-order valence-electron chi connectivity index (χ2n) is 5.63. The van der Waals surface area contributed by atoms with Gasteiger partial charge >= 0.3 is 0 Å². The fourth-order valence-corrected chi connectivity index (χ4v) is 2.98. The number of nitrogens with two attached hydrogens (primary N) is 1. The van der Waals surface area contributed by atoms with Crippen LogP contribution in [0.5, 0.6) is 0 Å². The maximum absolute atomic E-state index is 12.4. The molecule has 1 aliphatic carbocycles. The number of nitrogen functional groups attached to an aromatic ring is 1. The number of aryl methyl sites for hydroxylation is 1. The van der Waals surface area contributed by atoms with Crippen LogP contribution in [0.25, 0.3) is 0 Å². The monoisotopic (exact) mass is 280 g/mol. The second kappa shape index (κ2) is 5.60. The zero-order valence-corrected chi connectivity index (χ0v) is 12.2. The topological polar surface area (TPSA) is 55.1 Å². The van der Waals surface area contributed by atoms with Crippen LogP contribution in [0.1, 0.15) is 23.6 Å². The molecular weight excluding hydrogens is 260 g/mol. The molecule has 0 aromatic heterocycles. The van der Waals surface area contributed by atoms with Gasteiger partial charge in [-0.05, 0) is 48.1 Å². The molecule has 3 N–H and O–H groups in total. The SMILES string of the molecule is CCc1ccc(NC(=O)C2Cc3ccccc3C2)cc1N. The summed E-state index contributed by atoms with van der Waals surface area (Å²) in [5.41, 5.74) is 11.2. The van der Waals surface area contributed by atoms with E-state index in [1.54, 1.807) is 0 Å². The number of carbonyl (C=O) groups excluding carboxylic acids is 1. The van der Waals surface area contributed by atoms with Crippen LogP contribution >= 0.6 is 0 Å². The quantitative estimate of drug-likeness (QED) is 0.848. The lowest BCUT2D eigenvalue weighted by atomic mass is 10.0. The summed E-state index contributed by atoms with van der Waals surface area (Å²) in [6.45, 7) is 2.07. The van der Waals surface area contributed by atoms with Crippen molar-refractivity contribution in [3.63, 3.8) is 0 Å². The van der Waals surface area contributed by atoms with E-state index in [-0.39, 0.29) is 11.8 Å². The van der Waals surface area contributed by atoms with Crippen molar-refractivity contribution in [3.8, 4) is 0 Å². The molecule has 0 heterocycles. The lowest BCUT2D eigenvalue weighted by Gasteiger charge is -2.12. The highest BCUT2D eigenvalue weighted by Crippen LogP contribution is 2.28. The van der Waals surface area contributed by atoms with Crippen LogP contribution in [0, 0.1) is 5.92 Å². The van der Waals surface area contributed by atoms with Gasteiger partial charge in [0.15, 0.2) is 0 Å². The molecule has 0 aliphatic heterocycles. The van der Waals surface area contributed by atoms with E-state index in [1.807, 2.05) is 30.3 Å². The van der Waals surface area contributed by atoms with Crippen molar-refractivity contribution in [2.75, 3.05) is 11.1 Å². The molecule has 1 aliphatic rings. The first-order valence-corrected chi connectivity index (χ1v) is 7.43. The largest absolute Gasteiger partial charge is 0.398 e. The molecule has 0 spiro atoms. The van der Waals surface area contributed by atoms with E-state index in [0.29, 0.717) is 0 Å². The third kappa shape index (κ3) is 2.77. The van der Waals surface area contributed by atoms with Crippen LogP contribution < -0.4 is 11.1 Å². The van der Waals surface area contributed by atoms with Gasteiger partial charge < -0.3 is 11.1 Å². The zero-order valence-electron chi connectivity index (χ0n) is 12.2. The lowest BCUT2D eigenvalue weighted by molar-refractivity contribution is -0.119. The van der Waals surface area contributed by atoms with Crippen molar-refractivity contribution < 1.29 is 4.79 Å². The normalized spacial score (nSPS) is 14.0. The number of amides is 1. The second-order valence-corrected chi connectivity index (χ2v) is 5.63. The fraction of sp³-hybridized carbons (Fsp3) is 0.278. The Kier molecular flexibility index (Phi) is 3.65. The van der Waals surface area contributed by atoms with Crippen LogP contribution in [0.2, 0.25) is 0 Å². The van der Waals surface area contributed by atoms with Gasteiger partial charge in [0.05, 0.1) is 0 Å². The van der Waals surface area contributed by atoms with E-state index in [4.69, 9.17) is 5.73 Å². The summed E-state index contributed by atoms with van der Waals surface area (Å²) in [5, 5.41) is 2.99. The number of anilines is 2. The molecule has 0 radical (unpaired) electrons. The summed E-state index contributed by atoms with van der Waals surface area (Å²) in [5.74, 6) is 0.101. The van der Waals surface area contributed by atoms with Crippen LogP contribution in [0.3, 0.4) is 0 Å². The van der Waals surface area contributed by atoms with Crippen molar-refractivity contribution in [2.24, 2.45) is 5.92 Å². The Morgan fingerprint density at radius 3 is 2.43 bits per heavy atom. The number of hydrogen-bond acceptors (Lipinski definition) is 2. The minimum Gasteiger partial charge on any atom is -0.398 e. The van der Waals surface area contributed by atoms with Crippen molar-refractivity contribution in [2.45, 2.75) is 26.2 Å². The van der Waals surface area contributed by atoms with E-state index >= 15 is 0 Å². The molecular formula is C18H20N2O. The summed E-state index contributed by atoms with van der Waals surface area (Å²) in [6, 6.07) is 14.0. The Bertz CT molecular complexity index is 654. The molecule has 0 fully saturated rings. The first-order valence-electron chi connectivity index (χ1n) is 7.43. The Morgan fingerprint density at radius 2 is 1.86 bits per heavy atom. The van der Waals surface area contributed by atoms with Crippen LogP contribution in [0.15, 0.2) is 42.5 Å². The van der Waals surface area contributed by atoms with Crippen molar-refractivity contribution in [1.29, 1.82) is 0 Å². The molecule has 0 bridgehead atoms.